The maximum absolute atomic E-state index is 12.4. The number of anilines is 1. The number of para-hydroxylation sites is 1. The Balaban J connectivity index is 1.58. The van der Waals surface area contributed by atoms with Crippen LogP contribution in [0.4, 0.5) is 5.69 Å². The Labute approximate surface area is 133 Å². The minimum absolute atomic E-state index is 0.150. The molecule has 23 heavy (non-hydrogen) atoms. The van der Waals surface area contributed by atoms with Crippen LogP contribution < -0.4 is 5.32 Å². The van der Waals surface area contributed by atoms with Crippen LogP contribution in [0.15, 0.2) is 60.7 Å². The number of benzene rings is 2. The molecule has 0 aliphatic carbocycles. The Morgan fingerprint density at radius 2 is 1.70 bits per heavy atom. The van der Waals surface area contributed by atoms with Crippen LogP contribution in [0, 0.1) is 5.92 Å². The number of carbonyl (C=O) groups excluding carboxylic acids is 2. The highest BCUT2D eigenvalue weighted by molar-refractivity contribution is 6.07. The van der Waals surface area contributed by atoms with E-state index in [0.717, 1.165) is 16.8 Å². The Kier molecular flexibility index (Phi) is 3.23. The van der Waals surface area contributed by atoms with Gasteiger partial charge in [-0.2, -0.15) is 0 Å². The fourth-order valence-electron chi connectivity index (χ4n) is 3.09. The number of rotatable bonds is 2. The van der Waals surface area contributed by atoms with Crippen molar-refractivity contribution in [1.82, 2.24) is 0 Å². The highest BCUT2D eigenvalue weighted by Crippen LogP contribution is 2.33. The van der Waals surface area contributed by atoms with Crippen molar-refractivity contribution in [1.29, 1.82) is 0 Å². The van der Waals surface area contributed by atoms with E-state index in [0.29, 0.717) is 12.2 Å². The highest BCUT2D eigenvalue weighted by Gasteiger charge is 2.41. The molecule has 0 radical (unpaired) electrons. The topological polar surface area (TPSA) is 55.4 Å². The minimum atomic E-state index is -0.751. The Hall–Kier alpha value is -2.88. The first-order chi connectivity index (χ1) is 11.2. The van der Waals surface area contributed by atoms with Gasteiger partial charge in [0.2, 0.25) is 11.7 Å². The Bertz CT molecular complexity index is 810. The van der Waals surface area contributed by atoms with Gasteiger partial charge in [-0.15, -0.1) is 0 Å². The van der Waals surface area contributed by atoms with E-state index in [4.69, 9.17) is 4.74 Å². The molecule has 4 heteroatoms. The maximum atomic E-state index is 12.4. The minimum Gasteiger partial charge on any atom is -0.481 e. The average Bonchev–Trinajstić information content (AvgIpc) is 2.97. The van der Waals surface area contributed by atoms with Gasteiger partial charge >= 0.3 is 0 Å². The molecule has 1 amide bonds. The van der Waals surface area contributed by atoms with Crippen LogP contribution in [-0.2, 0) is 20.7 Å². The molecule has 2 aliphatic rings. The van der Waals surface area contributed by atoms with Crippen LogP contribution in [0.3, 0.4) is 0 Å². The molecule has 2 unspecified atom stereocenters. The SMILES string of the molecule is O=C1Nc2ccccc2CC1C1OC(c2ccccc2)=CC1=O. The van der Waals surface area contributed by atoms with Crippen molar-refractivity contribution in [2.75, 3.05) is 5.32 Å². The Morgan fingerprint density at radius 1 is 0.957 bits per heavy atom. The van der Waals surface area contributed by atoms with Crippen LogP contribution in [0.25, 0.3) is 5.76 Å². The van der Waals surface area contributed by atoms with E-state index in [1.54, 1.807) is 0 Å². The predicted octanol–water partition coefficient (Wildman–Crippen LogP) is 2.81. The summed E-state index contributed by atoms with van der Waals surface area (Å²) < 4.78 is 5.84. The molecule has 2 heterocycles. The molecule has 2 aromatic carbocycles. The number of nitrogens with one attached hydrogen (secondary N) is 1. The lowest BCUT2D eigenvalue weighted by Gasteiger charge is -2.28. The van der Waals surface area contributed by atoms with Gasteiger partial charge in [-0.05, 0) is 18.1 Å². The molecular formula is C19H15NO3. The van der Waals surface area contributed by atoms with Gasteiger partial charge in [0.25, 0.3) is 0 Å². The van der Waals surface area contributed by atoms with E-state index in [2.05, 4.69) is 5.32 Å². The standard InChI is InChI=1S/C19H15NO3/c21-16-11-17(12-6-2-1-3-7-12)23-18(16)14-10-13-8-4-5-9-15(13)20-19(14)22/h1-9,11,14,18H,10H2,(H,20,22). The van der Waals surface area contributed by atoms with Crippen molar-refractivity contribution in [3.63, 3.8) is 0 Å². The molecule has 114 valence electrons. The van der Waals surface area contributed by atoms with Gasteiger partial charge < -0.3 is 10.1 Å². The summed E-state index contributed by atoms with van der Waals surface area (Å²) in [5.41, 5.74) is 2.69. The van der Waals surface area contributed by atoms with E-state index in [9.17, 15) is 9.59 Å². The third-order valence-corrected chi connectivity index (χ3v) is 4.28. The van der Waals surface area contributed by atoms with Crippen molar-refractivity contribution in [3.05, 3.63) is 71.8 Å². The molecule has 0 spiro atoms. The fraction of sp³-hybridized carbons (Fsp3) is 0.158. The van der Waals surface area contributed by atoms with Crippen molar-refractivity contribution in [3.8, 4) is 0 Å². The molecule has 4 nitrogen and oxygen atoms in total. The lowest BCUT2D eigenvalue weighted by atomic mass is 9.87. The molecule has 0 fully saturated rings. The molecule has 0 saturated heterocycles. The van der Waals surface area contributed by atoms with Crippen LogP contribution in [-0.4, -0.2) is 17.8 Å². The molecule has 1 N–H and O–H groups in total. The third-order valence-electron chi connectivity index (χ3n) is 4.28. The summed E-state index contributed by atoms with van der Waals surface area (Å²) in [6, 6.07) is 17.1. The zero-order chi connectivity index (χ0) is 15.8. The lowest BCUT2D eigenvalue weighted by molar-refractivity contribution is -0.131. The molecule has 2 aliphatic heterocycles. The smallest absolute Gasteiger partial charge is 0.232 e. The van der Waals surface area contributed by atoms with Crippen LogP contribution in [0.2, 0.25) is 0 Å². The number of hydrogen-bond acceptors (Lipinski definition) is 3. The van der Waals surface area contributed by atoms with E-state index in [1.807, 2.05) is 54.6 Å². The second-order valence-electron chi connectivity index (χ2n) is 5.77. The van der Waals surface area contributed by atoms with E-state index in [1.165, 1.54) is 6.08 Å². The van der Waals surface area contributed by atoms with Crippen molar-refractivity contribution in [2.24, 2.45) is 5.92 Å². The first kappa shape index (κ1) is 13.8. The van der Waals surface area contributed by atoms with E-state index >= 15 is 0 Å². The van der Waals surface area contributed by atoms with Crippen molar-refractivity contribution >= 4 is 23.1 Å². The molecule has 4 rings (SSSR count). The zero-order valence-corrected chi connectivity index (χ0v) is 12.4. The summed E-state index contributed by atoms with van der Waals surface area (Å²) in [6.45, 7) is 0. The van der Waals surface area contributed by atoms with E-state index < -0.39 is 12.0 Å². The van der Waals surface area contributed by atoms with Gasteiger partial charge in [0, 0.05) is 17.3 Å². The van der Waals surface area contributed by atoms with E-state index in [-0.39, 0.29) is 11.7 Å². The second kappa shape index (κ2) is 5.39. The van der Waals surface area contributed by atoms with Crippen LogP contribution >= 0.6 is 0 Å². The number of ketones is 1. The van der Waals surface area contributed by atoms with Gasteiger partial charge in [-0.25, -0.2) is 0 Å². The largest absolute Gasteiger partial charge is 0.481 e. The quantitative estimate of drug-likeness (QED) is 0.928. The van der Waals surface area contributed by atoms with Gasteiger partial charge in [0.1, 0.15) is 5.76 Å². The summed E-state index contributed by atoms with van der Waals surface area (Å²) in [5, 5.41) is 2.87. The molecule has 2 aromatic rings. The van der Waals surface area contributed by atoms with Crippen LogP contribution in [0.5, 0.6) is 0 Å². The van der Waals surface area contributed by atoms with Gasteiger partial charge in [-0.1, -0.05) is 48.5 Å². The predicted molar refractivity (Wildman–Crippen MR) is 86.6 cm³/mol. The molecule has 0 saturated carbocycles. The first-order valence-corrected chi connectivity index (χ1v) is 7.59. The average molecular weight is 305 g/mol. The number of carbonyl (C=O) groups is 2. The summed E-state index contributed by atoms with van der Waals surface area (Å²) >= 11 is 0. The van der Waals surface area contributed by atoms with Gasteiger partial charge in [0.15, 0.2) is 6.10 Å². The highest BCUT2D eigenvalue weighted by atomic mass is 16.5. The Morgan fingerprint density at radius 3 is 2.52 bits per heavy atom. The zero-order valence-electron chi connectivity index (χ0n) is 12.4. The third kappa shape index (κ3) is 2.42. The summed E-state index contributed by atoms with van der Waals surface area (Å²) in [6.07, 6.45) is 1.25. The normalized spacial score (nSPS) is 22.9. The van der Waals surface area contributed by atoms with Crippen molar-refractivity contribution in [2.45, 2.75) is 12.5 Å². The summed E-state index contributed by atoms with van der Waals surface area (Å²) in [7, 11) is 0. The molecule has 2 atom stereocenters. The number of hydrogen-bond donors (Lipinski definition) is 1. The molecular weight excluding hydrogens is 290 g/mol. The molecule has 0 bridgehead atoms. The summed E-state index contributed by atoms with van der Waals surface area (Å²) in [5.74, 6) is -0.282. The maximum Gasteiger partial charge on any atom is 0.232 e. The fourth-order valence-corrected chi connectivity index (χ4v) is 3.09. The monoisotopic (exact) mass is 305 g/mol. The first-order valence-electron chi connectivity index (χ1n) is 7.59. The number of ether oxygens (including phenoxy) is 1. The van der Waals surface area contributed by atoms with Gasteiger partial charge in [0.05, 0.1) is 5.92 Å². The second-order valence-corrected chi connectivity index (χ2v) is 5.77. The lowest BCUT2D eigenvalue weighted by Crippen LogP contribution is -2.41. The van der Waals surface area contributed by atoms with Crippen LogP contribution in [0.1, 0.15) is 11.1 Å². The number of fused-ring (bicyclic) bond motifs is 1. The van der Waals surface area contributed by atoms with Gasteiger partial charge in [-0.3, -0.25) is 9.59 Å². The molecule has 0 aromatic heterocycles. The number of amides is 1. The van der Waals surface area contributed by atoms with Crippen molar-refractivity contribution < 1.29 is 14.3 Å². The summed E-state index contributed by atoms with van der Waals surface area (Å²) in [4.78, 5) is 24.7.